The number of nitrogens with zero attached hydrogens (tertiary/aromatic N) is 1. The molecule has 0 spiro atoms. The Kier molecular flexibility index (Phi) is 4.54. The van der Waals surface area contributed by atoms with Gasteiger partial charge in [0, 0.05) is 18.2 Å². The number of rotatable bonds is 5. The number of urea groups is 1. The summed E-state index contributed by atoms with van der Waals surface area (Å²) in [5.41, 5.74) is 6.95. The fraction of sp³-hybridized carbons (Fsp3) is 0.357. The molecule has 1 atom stereocenters. The van der Waals surface area contributed by atoms with Crippen LogP contribution >= 0.6 is 0 Å². The van der Waals surface area contributed by atoms with Gasteiger partial charge in [-0.25, -0.2) is 4.79 Å². The van der Waals surface area contributed by atoms with Gasteiger partial charge >= 0.3 is 6.03 Å². The van der Waals surface area contributed by atoms with Crippen molar-refractivity contribution >= 4 is 23.5 Å². The number of anilines is 1. The molecule has 1 unspecified atom stereocenters. The lowest BCUT2D eigenvalue weighted by Gasteiger charge is -2.13. The van der Waals surface area contributed by atoms with E-state index in [1.165, 1.54) is 0 Å². The van der Waals surface area contributed by atoms with Crippen LogP contribution in [0.4, 0.5) is 10.5 Å². The summed E-state index contributed by atoms with van der Waals surface area (Å²) in [4.78, 5) is 35.8. The Morgan fingerprint density at radius 2 is 2.24 bits per heavy atom. The van der Waals surface area contributed by atoms with E-state index >= 15 is 0 Å². The summed E-state index contributed by atoms with van der Waals surface area (Å²) >= 11 is 0. The highest BCUT2D eigenvalue weighted by Crippen LogP contribution is 2.14. The molecule has 1 aliphatic heterocycles. The largest absolute Gasteiger partial charge is 0.329 e. The van der Waals surface area contributed by atoms with Crippen LogP contribution in [0.15, 0.2) is 24.3 Å². The second kappa shape index (κ2) is 6.36. The maximum atomic E-state index is 11.7. The Hall–Kier alpha value is -2.41. The van der Waals surface area contributed by atoms with Crippen LogP contribution in [-0.4, -0.2) is 35.3 Å². The molecule has 0 bridgehead atoms. The average Bonchev–Trinajstić information content (AvgIpc) is 2.70. The number of amides is 4. The molecule has 1 fully saturated rings. The summed E-state index contributed by atoms with van der Waals surface area (Å²) in [7, 11) is 0. The highest BCUT2D eigenvalue weighted by atomic mass is 16.2. The number of nitrogens with one attached hydrogen (secondary N) is 2. The van der Waals surface area contributed by atoms with Gasteiger partial charge in [0.1, 0.15) is 0 Å². The van der Waals surface area contributed by atoms with Crippen LogP contribution in [-0.2, 0) is 16.1 Å². The summed E-state index contributed by atoms with van der Waals surface area (Å²) in [6.07, 6.45) is 0.233. The van der Waals surface area contributed by atoms with E-state index in [-0.39, 0.29) is 37.4 Å². The van der Waals surface area contributed by atoms with Crippen molar-refractivity contribution in [1.82, 2.24) is 10.2 Å². The molecule has 1 heterocycles. The third-order valence-corrected chi connectivity index (χ3v) is 3.00. The van der Waals surface area contributed by atoms with Crippen LogP contribution in [0.2, 0.25) is 0 Å². The van der Waals surface area contributed by atoms with Gasteiger partial charge < -0.3 is 16.4 Å². The van der Waals surface area contributed by atoms with Crippen LogP contribution < -0.4 is 16.4 Å². The molecule has 21 heavy (non-hydrogen) atoms. The normalized spacial score (nSPS) is 15.8. The molecule has 0 saturated carbocycles. The Bertz CT molecular complexity index is 555. The van der Waals surface area contributed by atoms with Gasteiger partial charge in [0.05, 0.1) is 13.1 Å². The van der Waals surface area contributed by atoms with E-state index in [0.717, 1.165) is 10.5 Å². The van der Waals surface area contributed by atoms with Crippen LogP contribution in [0.25, 0.3) is 0 Å². The average molecular weight is 290 g/mol. The second-order valence-corrected chi connectivity index (χ2v) is 5.07. The number of imide groups is 1. The molecule has 4 N–H and O–H groups in total. The van der Waals surface area contributed by atoms with E-state index in [0.29, 0.717) is 5.69 Å². The van der Waals surface area contributed by atoms with Crippen molar-refractivity contribution in [3.63, 3.8) is 0 Å². The van der Waals surface area contributed by atoms with Gasteiger partial charge in [-0.15, -0.1) is 0 Å². The minimum atomic E-state index is -0.397. The molecule has 1 saturated heterocycles. The van der Waals surface area contributed by atoms with Crippen LogP contribution in [0, 0.1) is 0 Å². The monoisotopic (exact) mass is 290 g/mol. The molecular formula is C14H18N4O3. The fourth-order valence-electron chi connectivity index (χ4n) is 2.05. The lowest BCUT2D eigenvalue weighted by atomic mass is 10.1. The van der Waals surface area contributed by atoms with E-state index in [1.807, 2.05) is 0 Å². The van der Waals surface area contributed by atoms with Crippen molar-refractivity contribution in [2.24, 2.45) is 5.73 Å². The zero-order valence-corrected chi connectivity index (χ0v) is 11.8. The smallest absolute Gasteiger partial charge is 0.324 e. The van der Waals surface area contributed by atoms with E-state index in [2.05, 4.69) is 10.6 Å². The van der Waals surface area contributed by atoms with Crippen LogP contribution in [0.1, 0.15) is 18.9 Å². The van der Waals surface area contributed by atoms with Crippen LogP contribution in [0.3, 0.4) is 0 Å². The van der Waals surface area contributed by atoms with Gasteiger partial charge in [-0.2, -0.15) is 0 Å². The van der Waals surface area contributed by atoms with Gasteiger partial charge in [0.2, 0.25) is 11.8 Å². The number of benzene rings is 1. The maximum absolute atomic E-state index is 11.7. The van der Waals surface area contributed by atoms with Crippen molar-refractivity contribution in [3.8, 4) is 0 Å². The highest BCUT2D eigenvalue weighted by molar-refractivity contribution is 6.01. The summed E-state index contributed by atoms with van der Waals surface area (Å²) in [5.74, 6) is -0.427. The molecule has 7 nitrogen and oxygen atoms in total. The number of nitrogens with two attached hydrogens (primary N) is 1. The molecule has 1 aromatic carbocycles. The summed E-state index contributed by atoms with van der Waals surface area (Å²) < 4.78 is 0. The summed E-state index contributed by atoms with van der Waals surface area (Å²) in [5, 5.41) is 5.20. The molecule has 4 amide bonds. The lowest BCUT2D eigenvalue weighted by molar-refractivity contribution is -0.125. The van der Waals surface area contributed by atoms with Crippen molar-refractivity contribution in [3.05, 3.63) is 29.8 Å². The summed E-state index contributed by atoms with van der Waals surface area (Å²) in [6, 6.07) is 6.42. The van der Waals surface area contributed by atoms with Gasteiger partial charge in [-0.1, -0.05) is 12.1 Å². The zero-order chi connectivity index (χ0) is 15.4. The Labute approximate surface area is 122 Å². The maximum Gasteiger partial charge on any atom is 0.324 e. The second-order valence-electron chi connectivity index (χ2n) is 5.07. The first-order valence-electron chi connectivity index (χ1n) is 6.68. The Morgan fingerprint density at radius 3 is 2.86 bits per heavy atom. The van der Waals surface area contributed by atoms with Crippen LogP contribution in [0.5, 0.6) is 0 Å². The third kappa shape index (κ3) is 4.03. The molecule has 7 heteroatoms. The highest BCUT2D eigenvalue weighted by Gasteiger charge is 2.28. The van der Waals surface area contributed by atoms with Crippen molar-refractivity contribution in [2.75, 3.05) is 11.9 Å². The molecule has 0 aliphatic carbocycles. The van der Waals surface area contributed by atoms with Gasteiger partial charge in [-0.3, -0.25) is 14.5 Å². The molecular weight excluding hydrogens is 272 g/mol. The Morgan fingerprint density at radius 1 is 1.48 bits per heavy atom. The predicted molar refractivity (Wildman–Crippen MR) is 77.3 cm³/mol. The fourth-order valence-corrected chi connectivity index (χ4v) is 2.05. The van der Waals surface area contributed by atoms with Crippen molar-refractivity contribution in [1.29, 1.82) is 0 Å². The first-order chi connectivity index (χ1) is 9.95. The number of hydrogen-bond acceptors (Lipinski definition) is 4. The predicted octanol–water partition coefficient (Wildman–Crippen LogP) is 0.414. The molecule has 0 radical (unpaired) electrons. The third-order valence-electron chi connectivity index (χ3n) is 3.00. The SMILES string of the molecule is CC(N)CC(=O)Nc1cccc(CN2C(=O)CNC2=O)c1. The quantitative estimate of drug-likeness (QED) is 0.683. The lowest BCUT2D eigenvalue weighted by Crippen LogP contribution is -2.30. The van der Waals surface area contributed by atoms with Gasteiger partial charge in [0.25, 0.3) is 0 Å². The minimum absolute atomic E-state index is 0.0314. The van der Waals surface area contributed by atoms with E-state index in [9.17, 15) is 14.4 Å². The molecule has 112 valence electrons. The van der Waals surface area contributed by atoms with E-state index in [4.69, 9.17) is 5.73 Å². The van der Waals surface area contributed by atoms with E-state index in [1.54, 1.807) is 31.2 Å². The molecule has 2 rings (SSSR count). The molecule has 1 aromatic rings. The number of hydrogen-bond donors (Lipinski definition) is 3. The first-order valence-corrected chi connectivity index (χ1v) is 6.68. The topological polar surface area (TPSA) is 105 Å². The minimum Gasteiger partial charge on any atom is -0.329 e. The molecule has 1 aliphatic rings. The van der Waals surface area contributed by atoms with Crippen molar-refractivity contribution < 1.29 is 14.4 Å². The summed E-state index contributed by atoms with van der Waals surface area (Å²) in [6.45, 7) is 1.97. The zero-order valence-electron chi connectivity index (χ0n) is 11.8. The van der Waals surface area contributed by atoms with E-state index < -0.39 is 6.03 Å². The standard InChI is InChI=1S/C14H18N4O3/c1-9(15)5-12(19)17-11-4-2-3-10(6-11)8-18-13(20)7-16-14(18)21/h2-4,6,9H,5,7-8,15H2,1H3,(H,16,21)(H,17,19). The van der Waals surface area contributed by atoms with Gasteiger partial charge in [0.15, 0.2) is 0 Å². The van der Waals surface area contributed by atoms with Crippen molar-refractivity contribution in [2.45, 2.75) is 25.9 Å². The number of carbonyl (C=O) groups excluding carboxylic acids is 3. The Balaban J connectivity index is 2.02. The number of carbonyl (C=O) groups is 3. The molecule has 0 aromatic heterocycles. The first kappa shape index (κ1) is 15.0. The van der Waals surface area contributed by atoms with Gasteiger partial charge in [-0.05, 0) is 24.6 Å².